The molecule has 2 aliphatic rings. The van der Waals surface area contributed by atoms with E-state index in [2.05, 4.69) is 15.6 Å². The van der Waals surface area contributed by atoms with Crippen LogP contribution in [0.4, 0.5) is 11.4 Å². The molecule has 10 nitrogen and oxygen atoms in total. The molecule has 2 saturated heterocycles. The van der Waals surface area contributed by atoms with Gasteiger partial charge in [-0.2, -0.15) is 0 Å². The van der Waals surface area contributed by atoms with Gasteiger partial charge in [-0.15, -0.1) is 0 Å². The van der Waals surface area contributed by atoms with Crippen molar-refractivity contribution in [1.29, 1.82) is 5.41 Å². The van der Waals surface area contributed by atoms with Crippen molar-refractivity contribution < 1.29 is 23.7 Å². The number of nitrogens with zero attached hydrogens (tertiary/aromatic N) is 2. The average Bonchev–Trinajstić information content (AvgIpc) is 3.00. The van der Waals surface area contributed by atoms with Crippen molar-refractivity contribution in [2.75, 3.05) is 38.9 Å². The summed E-state index contributed by atoms with van der Waals surface area (Å²) in [5, 5.41) is 14.6. The summed E-state index contributed by atoms with van der Waals surface area (Å²) < 4.78 is 28.5. The smallest absolute Gasteiger partial charge is 0.157 e. The minimum Gasteiger partial charge on any atom is -0.497 e. The first-order chi connectivity index (χ1) is 19.7. The third-order valence-electron chi connectivity index (χ3n) is 6.80. The topological polar surface area (TPSA) is 120 Å². The molecule has 0 amide bonds. The molecule has 212 valence electrons. The average molecular weight is 548 g/mol. The van der Waals surface area contributed by atoms with Crippen molar-refractivity contribution in [1.82, 2.24) is 15.3 Å². The van der Waals surface area contributed by atoms with Crippen molar-refractivity contribution in [3.05, 3.63) is 54.5 Å². The van der Waals surface area contributed by atoms with Gasteiger partial charge < -0.3 is 39.7 Å². The molecule has 0 aliphatic carbocycles. The fourth-order valence-electron chi connectivity index (χ4n) is 4.67. The number of ether oxygens (including phenoxy) is 5. The molecule has 10 heteroatoms. The Morgan fingerprint density at radius 3 is 2.60 bits per heavy atom. The molecule has 0 radical (unpaired) electrons. The summed E-state index contributed by atoms with van der Waals surface area (Å²) in [6.45, 7) is 2.37. The maximum atomic E-state index is 7.89. The van der Waals surface area contributed by atoms with E-state index >= 15 is 0 Å². The Kier molecular flexibility index (Phi) is 9.78. The number of aromatic nitrogens is 2. The van der Waals surface area contributed by atoms with E-state index in [1.165, 1.54) is 6.21 Å². The normalized spacial score (nSPS) is 19.7. The number of anilines is 2. The third-order valence-corrected chi connectivity index (χ3v) is 6.80. The zero-order chi connectivity index (χ0) is 27.6. The third kappa shape index (κ3) is 7.68. The molecule has 1 aromatic heterocycles. The molecule has 2 aliphatic heterocycles. The standard InChI is InChI=1S/C30H37N5O5/c1-36-24-14-23(15-25(17-24)37-12-13-40-30-7-3-5-11-39-30)34-22-8-9-26-27(16-22)35-28(20-32-26)21(18-31)19-33-29-6-2-4-10-38-29/h8-9,14-20,29-31,33-34H,2-7,10-13H2,1H3/b21-19+,31-18?. The number of hydrogen-bond acceptors (Lipinski definition) is 10. The van der Waals surface area contributed by atoms with Gasteiger partial charge in [0.15, 0.2) is 6.29 Å². The molecule has 0 spiro atoms. The molecule has 0 saturated carbocycles. The Morgan fingerprint density at radius 1 is 0.975 bits per heavy atom. The summed E-state index contributed by atoms with van der Waals surface area (Å²) in [5.41, 5.74) is 4.37. The Morgan fingerprint density at radius 2 is 1.82 bits per heavy atom. The van der Waals surface area contributed by atoms with Crippen LogP contribution in [0.15, 0.2) is 48.8 Å². The van der Waals surface area contributed by atoms with Gasteiger partial charge >= 0.3 is 0 Å². The molecule has 3 aromatic rings. The Balaban J connectivity index is 1.25. The van der Waals surface area contributed by atoms with Gasteiger partial charge in [-0.3, -0.25) is 4.98 Å². The van der Waals surface area contributed by atoms with Crippen LogP contribution in [0.1, 0.15) is 44.2 Å². The molecule has 2 unspecified atom stereocenters. The summed E-state index contributed by atoms with van der Waals surface area (Å²) in [6.07, 6.45) is 10.9. The van der Waals surface area contributed by atoms with Crippen LogP contribution in [-0.4, -0.2) is 62.2 Å². The largest absolute Gasteiger partial charge is 0.497 e. The van der Waals surface area contributed by atoms with E-state index in [0.717, 1.165) is 68.6 Å². The highest BCUT2D eigenvalue weighted by Crippen LogP contribution is 2.29. The lowest BCUT2D eigenvalue weighted by molar-refractivity contribution is -0.165. The number of benzene rings is 2. The monoisotopic (exact) mass is 547 g/mol. The number of nitrogens with one attached hydrogen (secondary N) is 3. The molecule has 0 bridgehead atoms. The predicted molar refractivity (Wildman–Crippen MR) is 154 cm³/mol. The number of methoxy groups -OCH3 is 1. The van der Waals surface area contributed by atoms with Crippen LogP contribution in [0.5, 0.6) is 11.5 Å². The van der Waals surface area contributed by atoms with Gasteiger partial charge in [-0.05, 0) is 56.7 Å². The van der Waals surface area contributed by atoms with Gasteiger partial charge in [-0.1, -0.05) is 0 Å². The number of rotatable bonds is 12. The van der Waals surface area contributed by atoms with Crippen LogP contribution in [-0.2, 0) is 14.2 Å². The Labute approximate surface area is 234 Å². The van der Waals surface area contributed by atoms with E-state index in [0.29, 0.717) is 41.5 Å². The number of fused-ring (bicyclic) bond motifs is 1. The summed E-state index contributed by atoms with van der Waals surface area (Å²) in [6, 6.07) is 11.5. The molecule has 2 aromatic carbocycles. The molecule has 5 rings (SSSR count). The molecule has 2 fully saturated rings. The minimum atomic E-state index is -0.135. The van der Waals surface area contributed by atoms with Crippen molar-refractivity contribution in [3.8, 4) is 11.5 Å². The van der Waals surface area contributed by atoms with Crippen molar-refractivity contribution in [3.63, 3.8) is 0 Å². The molecule has 40 heavy (non-hydrogen) atoms. The molecular weight excluding hydrogens is 510 g/mol. The van der Waals surface area contributed by atoms with Gasteiger partial charge in [-0.25, -0.2) is 4.98 Å². The summed E-state index contributed by atoms with van der Waals surface area (Å²) in [5.74, 6) is 1.35. The van der Waals surface area contributed by atoms with E-state index in [4.69, 9.17) is 34.1 Å². The zero-order valence-corrected chi connectivity index (χ0v) is 22.9. The maximum absolute atomic E-state index is 7.89. The van der Waals surface area contributed by atoms with Crippen molar-refractivity contribution in [2.24, 2.45) is 0 Å². The van der Waals surface area contributed by atoms with E-state index in [9.17, 15) is 0 Å². The Bertz CT molecular complexity index is 1300. The lowest BCUT2D eigenvalue weighted by Gasteiger charge is -2.22. The number of hydrogen-bond donors (Lipinski definition) is 3. The van der Waals surface area contributed by atoms with E-state index in [1.807, 2.05) is 36.4 Å². The maximum Gasteiger partial charge on any atom is 0.157 e. The van der Waals surface area contributed by atoms with Crippen molar-refractivity contribution >= 4 is 34.2 Å². The zero-order valence-electron chi connectivity index (χ0n) is 22.9. The highest BCUT2D eigenvalue weighted by molar-refractivity contribution is 6.07. The lowest BCUT2D eigenvalue weighted by Crippen LogP contribution is -2.31. The lowest BCUT2D eigenvalue weighted by atomic mass is 10.1. The first kappa shape index (κ1) is 27.8. The SMILES string of the molecule is COc1cc(Nc2ccc3ncc(/C(C=N)=C/NC4CCCCO4)nc3c2)cc(OCCOC2CCCCO2)c1. The quantitative estimate of drug-likeness (QED) is 0.202. The van der Waals surface area contributed by atoms with E-state index < -0.39 is 0 Å². The van der Waals surface area contributed by atoms with Crippen LogP contribution in [0.25, 0.3) is 16.6 Å². The first-order valence-electron chi connectivity index (χ1n) is 13.9. The molecule has 2 atom stereocenters. The van der Waals surface area contributed by atoms with Crippen LogP contribution in [0.3, 0.4) is 0 Å². The second-order valence-electron chi connectivity index (χ2n) is 9.76. The van der Waals surface area contributed by atoms with Gasteiger partial charge in [0.05, 0.1) is 36.6 Å². The van der Waals surface area contributed by atoms with E-state index in [1.54, 1.807) is 19.5 Å². The van der Waals surface area contributed by atoms with Gasteiger partial charge in [0.1, 0.15) is 24.3 Å². The Hall–Kier alpha value is -3.73. The molecular formula is C30H37N5O5. The highest BCUT2D eigenvalue weighted by atomic mass is 16.7. The highest BCUT2D eigenvalue weighted by Gasteiger charge is 2.14. The van der Waals surface area contributed by atoms with Gasteiger partial charge in [0, 0.05) is 60.8 Å². The summed E-state index contributed by atoms with van der Waals surface area (Å²) >= 11 is 0. The fourth-order valence-corrected chi connectivity index (χ4v) is 4.67. The van der Waals surface area contributed by atoms with Gasteiger partial charge in [0.25, 0.3) is 0 Å². The van der Waals surface area contributed by atoms with E-state index in [-0.39, 0.29) is 12.5 Å². The first-order valence-corrected chi connectivity index (χ1v) is 13.9. The summed E-state index contributed by atoms with van der Waals surface area (Å²) in [7, 11) is 1.63. The second kappa shape index (κ2) is 14.1. The second-order valence-corrected chi connectivity index (χ2v) is 9.76. The van der Waals surface area contributed by atoms with Gasteiger partial charge in [0.2, 0.25) is 0 Å². The van der Waals surface area contributed by atoms with Crippen LogP contribution < -0.4 is 20.1 Å². The van der Waals surface area contributed by atoms with Crippen LogP contribution in [0, 0.1) is 5.41 Å². The molecule has 3 heterocycles. The number of allylic oxidation sites excluding steroid dienone is 1. The summed E-state index contributed by atoms with van der Waals surface area (Å²) in [4.78, 5) is 9.33. The van der Waals surface area contributed by atoms with Crippen LogP contribution in [0.2, 0.25) is 0 Å². The fraction of sp³-hybridized carbons (Fsp3) is 0.433. The predicted octanol–water partition coefficient (Wildman–Crippen LogP) is 5.41. The molecule has 3 N–H and O–H groups in total. The van der Waals surface area contributed by atoms with Crippen molar-refractivity contribution in [2.45, 2.75) is 51.0 Å². The minimum absolute atomic E-state index is 0.0388. The van der Waals surface area contributed by atoms with Crippen LogP contribution >= 0.6 is 0 Å².